The van der Waals surface area contributed by atoms with Crippen molar-refractivity contribution in [2.45, 2.75) is 31.6 Å². The first-order valence-corrected chi connectivity index (χ1v) is 4.10. The first-order valence-electron chi connectivity index (χ1n) is 3.65. The molecule has 66 valence electrons. The molecule has 1 atom stereocenters. The molecule has 0 aromatic rings. The Labute approximate surface area is 73.1 Å². The molecule has 0 fully saturated rings. The molecule has 0 rings (SSSR count). The van der Waals surface area contributed by atoms with Crippen LogP contribution in [0.15, 0.2) is 0 Å². The summed E-state index contributed by atoms with van der Waals surface area (Å²) in [5.41, 5.74) is 5.59. The first-order chi connectivity index (χ1) is 4.89. The van der Waals surface area contributed by atoms with E-state index >= 15 is 0 Å². The molecule has 1 unspecified atom stereocenters. The van der Waals surface area contributed by atoms with Crippen LogP contribution in [0.2, 0.25) is 0 Å². The molecule has 0 radical (unpaired) electrons. The molecule has 0 heterocycles. The zero-order valence-electron chi connectivity index (χ0n) is 7.22. The van der Waals surface area contributed by atoms with E-state index in [1.807, 2.05) is 20.8 Å². The van der Waals surface area contributed by atoms with E-state index in [2.05, 4.69) is 17.9 Å². The molecule has 0 aromatic carbocycles. The second-order valence-electron chi connectivity index (χ2n) is 3.03. The number of carbonyl (C=O) groups excluding carboxylic acids is 1. The first kappa shape index (κ1) is 10.8. The van der Waals surface area contributed by atoms with E-state index < -0.39 is 10.8 Å². The lowest BCUT2D eigenvalue weighted by Crippen LogP contribution is -2.50. The number of nitrogens with two attached hydrogens (primary N) is 1. The Morgan fingerprint density at radius 2 is 2.18 bits per heavy atom. The van der Waals surface area contributed by atoms with Crippen LogP contribution in [0.3, 0.4) is 0 Å². The second kappa shape index (κ2) is 3.97. The highest BCUT2D eigenvalue weighted by atomic mass is 32.1. The minimum atomic E-state index is -0.550. The van der Waals surface area contributed by atoms with Crippen LogP contribution in [0.25, 0.3) is 0 Å². The van der Waals surface area contributed by atoms with Crippen molar-refractivity contribution in [2.24, 2.45) is 5.73 Å². The highest BCUT2D eigenvalue weighted by molar-refractivity contribution is 7.81. The van der Waals surface area contributed by atoms with E-state index in [1.54, 1.807) is 0 Å². The van der Waals surface area contributed by atoms with Gasteiger partial charge < -0.3 is 11.1 Å². The number of hydrogen-bond donors (Lipinski definition) is 3. The third kappa shape index (κ3) is 3.62. The molecule has 0 spiro atoms. The summed E-state index contributed by atoms with van der Waals surface area (Å²) in [6.45, 7) is 6.10. The van der Waals surface area contributed by atoms with Crippen LogP contribution in [0, 0.1) is 0 Å². The summed E-state index contributed by atoms with van der Waals surface area (Å²) in [7, 11) is 0. The molecule has 0 aromatic heterocycles. The van der Waals surface area contributed by atoms with E-state index in [9.17, 15) is 4.79 Å². The monoisotopic (exact) mass is 176 g/mol. The van der Waals surface area contributed by atoms with Crippen molar-refractivity contribution in [1.82, 2.24) is 5.32 Å². The van der Waals surface area contributed by atoms with E-state index in [-0.39, 0.29) is 5.91 Å². The highest BCUT2D eigenvalue weighted by Crippen LogP contribution is 2.15. The lowest BCUT2D eigenvalue weighted by Gasteiger charge is -2.24. The van der Waals surface area contributed by atoms with Crippen molar-refractivity contribution in [3.8, 4) is 0 Å². The van der Waals surface area contributed by atoms with E-state index in [4.69, 9.17) is 5.73 Å². The van der Waals surface area contributed by atoms with Gasteiger partial charge in [-0.1, -0.05) is 0 Å². The largest absolute Gasteiger partial charge is 0.355 e. The predicted molar refractivity (Wildman–Crippen MR) is 49.7 cm³/mol. The third-order valence-corrected chi connectivity index (χ3v) is 1.67. The van der Waals surface area contributed by atoms with Crippen molar-refractivity contribution in [1.29, 1.82) is 0 Å². The van der Waals surface area contributed by atoms with Crippen LogP contribution in [0.1, 0.15) is 20.8 Å². The maximum Gasteiger partial charge on any atom is 0.238 e. The average molecular weight is 176 g/mol. The number of likely N-dealkylation sites (N-methyl/N-ethyl adjacent to an activating group) is 1. The van der Waals surface area contributed by atoms with Gasteiger partial charge in [0.25, 0.3) is 0 Å². The van der Waals surface area contributed by atoms with Crippen molar-refractivity contribution in [2.75, 3.05) is 6.54 Å². The molecule has 4 heteroatoms. The molecule has 0 aliphatic rings. The summed E-state index contributed by atoms with van der Waals surface area (Å²) in [6, 6.07) is -0.550. The second-order valence-corrected chi connectivity index (χ2v) is 4.18. The molecule has 11 heavy (non-hydrogen) atoms. The molecule has 0 bridgehead atoms. The Kier molecular flexibility index (Phi) is 3.89. The van der Waals surface area contributed by atoms with Gasteiger partial charge in [-0.3, -0.25) is 4.79 Å². The van der Waals surface area contributed by atoms with Crippen molar-refractivity contribution in [3.05, 3.63) is 0 Å². The summed E-state index contributed by atoms with van der Waals surface area (Å²) >= 11 is 4.20. The Bertz CT molecular complexity index is 142. The van der Waals surface area contributed by atoms with Gasteiger partial charge in [-0.25, -0.2) is 0 Å². The van der Waals surface area contributed by atoms with Crippen molar-refractivity contribution in [3.63, 3.8) is 0 Å². The summed E-state index contributed by atoms with van der Waals surface area (Å²) in [5, 5.41) is 2.64. The molecule has 0 saturated carbocycles. The van der Waals surface area contributed by atoms with E-state index in [0.29, 0.717) is 6.54 Å². The third-order valence-electron chi connectivity index (χ3n) is 1.39. The number of nitrogens with one attached hydrogen (secondary N) is 1. The van der Waals surface area contributed by atoms with Gasteiger partial charge in [0.15, 0.2) is 0 Å². The molecular weight excluding hydrogens is 160 g/mol. The lowest BCUT2D eigenvalue weighted by atomic mass is 10.0. The van der Waals surface area contributed by atoms with Gasteiger partial charge >= 0.3 is 0 Å². The maximum atomic E-state index is 11.1. The molecule has 1 amide bonds. The van der Waals surface area contributed by atoms with Gasteiger partial charge in [-0.2, -0.15) is 12.6 Å². The Balaban J connectivity index is 4.03. The topological polar surface area (TPSA) is 55.1 Å². The molecule has 3 nitrogen and oxygen atoms in total. The fourth-order valence-electron chi connectivity index (χ4n) is 0.605. The van der Waals surface area contributed by atoms with Gasteiger partial charge in [0.2, 0.25) is 5.91 Å². The number of carbonyl (C=O) groups is 1. The Morgan fingerprint density at radius 3 is 2.45 bits per heavy atom. The summed E-state index contributed by atoms with van der Waals surface area (Å²) < 4.78 is -0.459. The number of hydrogen-bond acceptors (Lipinski definition) is 3. The zero-order valence-corrected chi connectivity index (χ0v) is 8.11. The summed E-state index contributed by atoms with van der Waals surface area (Å²) in [6.07, 6.45) is 0. The van der Waals surface area contributed by atoms with Crippen LogP contribution in [0.4, 0.5) is 0 Å². The van der Waals surface area contributed by atoms with Crippen LogP contribution >= 0.6 is 12.6 Å². The quantitative estimate of drug-likeness (QED) is 0.536. The van der Waals surface area contributed by atoms with Gasteiger partial charge in [0.1, 0.15) is 0 Å². The van der Waals surface area contributed by atoms with Gasteiger partial charge in [-0.15, -0.1) is 0 Å². The van der Waals surface area contributed by atoms with Crippen LogP contribution in [-0.4, -0.2) is 23.2 Å². The molecule has 0 aliphatic carbocycles. The average Bonchev–Trinajstić information content (AvgIpc) is 1.85. The molecule has 0 aliphatic heterocycles. The molecule has 0 saturated heterocycles. The minimum absolute atomic E-state index is 0.146. The number of rotatable bonds is 3. The molecular formula is C7H16N2OS. The summed E-state index contributed by atoms with van der Waals surface area (Å²) in [4.78, 5) is 11.1. The van der Waals surface area contributed by atoms with Crippen LogP contribution in [0.5, 0.6) is 0 Å². The molecule has 3 N–H and O–H groups in total. The van der Waals surface area contributed by atoms with E-state index in [0.717, 1.165) is 0 Å². The maximum absolute atomic E-state index is 11.1. The van der Waals surface area contributed by atoms with E-state index in [1.165, 1.54) is 0 Å². The minimum Gasteiger partial charge on any atom is -0.355 e. The SMILES string of the molecule is CCNC(=O)C(N)C(C)(C)S. The zero-order chi connectivity index (χ0) is 9.07. The smallest absolute Gasteiger partial charge is 0.238 e. The number of amides is 1. The van der Waals surface area contributed by atoms with Crippen LogP contribution in [-0.2, 0) is 4.79 Å². The Hall–Kier alpha value is -0.220. The number of thiol groups is 1. The van der Waals surface area contributed by atoms with Gasteiger partial charge in [0.05, 0.1) is 6.04 Å². The standard InChI is InChI=1S/C7H16N2OS/c1-4-9-6(10)5(8)7(2,3)11/h5,11H,4,8H2,1-3H3,(H,9,10). The normalized spacial score (nSPS) is 14.3. The van der Waals surface area contributed by atoms with Gasteiger partial charge in [0, 0.05) is 11.3 Å². The summed E-state index contributed by atoms with van der Waals surface area (Å²) in [5.74, 6) is -0.146. The predicted octanol–water partition coefficient (Wildman–Crippen LogP) is 0.158. The van der Waals surface area contributed by atoms with Gasteiger partial charge in [-0.05, 0) is 20.8 Å². The highest BCUT2D eigenvalue weighted by Gasteiger charge is 2.27. The fraction of sp³-hybridized carbons (Fsp3) is 0.857. The van der Waals surface area contributed by atoms with Crippen LogP contribution < -0.4 is 11.1 Å². The fourth-order valence-corrected chi connectivity index (χ4v) is 0.722. The lowest BCUT2D eigenvalue weighted by molar-refractivity contribution is -0.122. The van der Waals surface area contributed by atoms with Crippen molar-refractivity contribution >= 4 is 18.5 Å². The van der Waals surface area contributed by atoms with Crippen molar-refractivity contribution < 1.29 is 4.79 Å². The Morgan fingerprint density at radius 1 is 1.73 bits per heavy atom.